The van der Waals surface area contributed by atoms with Crippen LogP contribution < -0.4 is 4.90 Å². The number of para-hydroxylation sites is 1. The number of anilines is 1. The Bertz CT molecular complexity index is 1200. The van der Waals surface area contributed by atoms with E-state index >= 15 is 0 Å². The number of fused-ring (bicyclic) bond motifs is 1. The van der Waals surface area contributed by atoms with E-state index in [0.717, 1.165) is 35.2 Å². The van der Waals surface area contributed by atoms with Crippen molar-refractivity contribution >= 4 is 43.9 Å². The fourth-order valence-electron chi connectivity index (χ4n) is 3.65. The van der Waals surface area contributed by atoms with Gasteiger partial charge in [0.1, 0.15) is 15.7 Å². The van der Waals surface area contributed by atoms with E-state index in [-0.39, 0.29) is 17.8 Å². The molecule has 31 heavy (non-hydrogen) atoms. The Morgan fingerprint density at radius 2 is 1.97 bits per heavy atom. The summed E-state index contributed by atoms with van der Waals surface area (Å²) in [4.78, 5) is 25.3. The molecule has 1 atom stereocenters. The maximum absolute atomic E-state index is 13.7. The number of hydrogen-bond acceptors (Lipinski definition) is 6. The number of carbonyl (C=O) groups excluding carboxylic acids is 1. The lowest BCUT2D eigenvalue weighted by Gasteiger charge is -2.22. The number of aromatic nitrogens is 2. The van der Waals surface area contributed by atoms with Gasteiger partial charge < -0.3 is 4.74 Å². The molecule has 8 heteroatoms. The average molecular weight is 454 g/mol. The van der Waals surface area contributed by atoms with Gasteiger partial charge in [-0.25, -0.2) is 14.4 Å². The molecule has 0 N–H and O–H groups in total. The van der Waals surface area contributed by atoms with E-state index < -0.39 is 0 Å². The first kappa shape index (κ1) is 20.2. The molecule has 0 spiro atoms. The van der Waals surface area contributed by atoms with Gasteiger partial charge in [0.25, 0.3) is 5.91 Å². The first-order valence-electron chi connectivity index (χ1n) is 10.1. The summed E-state index contributed by atoms with van der Waals surface area (Å²) in [6.45, 7) is 3.02. The molecule has 0 aliphatic carbocycles. The number of thiazole rings is 2. The third-order valence-corrected chi connectivity index (χ3v) is 7.50. The van der Waals surface area contributed by atoms with Crippen molar-refractivity contribution in [1.29, 1.82) is 0 Å². The highest BCUT2D eigenvalue weighted by atomic mass is 32.1. The highest BCUT2D eigenvalue weighted by Crippen LogP contribution is 2.34. The number of carbonyl (C=O) groups is 1. The molecule has 1 aliphatic heterocycles. The largest absolute Gasteiger partial charge is 0.376 e. The van der Waals surface area contributed by atoms with Crippen LogP contribution in [0.1, 0.15) is 28.2 Å². The van der Waals surface area contributed by atoms with Crippen LogP contribution in [0.25, 0.3) is 20.8 Å². The van der Waals surface area contributed by atoms with Crippen LogP contribution in [0.15, 0.2) is 48.5 Å². The van der Waals surface area contributed by atoms with Gasteiger partial charge in [-0.15, -0.1) is 11.3 Å². The van der Waals surface area contributed by atoms with Crippen molar-refractivity contribution in [2.24, 2.45) is 0 Å². The Morgan fingerprint density at radius 1 is 1.16 bits per heavy atom. The van der Waals surface area contributed by atoms with Crippen LogP contribution >= 0.6 is 22.7 Å². The van der Waals surface area contributed by atoms with Gasteiger partial charge in [-0.2, -0.15) is 0 Å². The quantitative estimate of drug-likeness (QED) is 0.389. The number of ether oxygens (including phenoxy) is 1. The van der Waals surface area contributed by atoms with Crippen LogP contribution in [0.3, 0.4) is 0 Å². The molecule has 2 aromatic heterocycles. The standard InChI is InChI=1S/C23H20FN3O2S2/c1-14-20(31-21(25-14)15-8-10-16(24)11-9-15)22(28)27(13-17-5-4-12-29-17)23-26-18-6-2-3-7-19(18)30-23/h2-3,6-11,17H,4-5,12-13H2,1H3. The number of rotatable bonds is 5. The average Bonchev–Trinajstić information content (AvgIpc) is 3.51. The Morgan fingerprint density at radius 3 is 2.71 bits per heavy atom. The minimum Gasteiger partial charge on any atom is -0.376 e. The Labute approximate surface area is 187 Å². The van der Waals surface area contributed by atoms with Crippen molar-refractivity contribution in [3.05, 3.63) is 64.9 Å². The van der Waals surface area contributed by atoms with Gasteiger partial charge in [-0.3, -0.25) is 9.69 Å². The lowest BCUT2D eigenvalue weighted by Crippen LogP contribution is -2.37. The van der Waals surface area contributed by atoms with E-state index in [9.17, 15) is 9.18 Å². The Balaban J connectivity index is 1.51. The second kappa shape index (κ2) is 8.45. The number of amides is 1. The van der Waals surface area contributed by atoms with Gasteiger partial charge in [0.2, 0.25) is 0 Å². The van der Waals surface area contributed by atoms with E-state index in [1.165, 1.54) is 34.8 Å². The first-order valence-corrected chi connectivity index (χ1v) is 11.7. The fraction of sp³-hybridized carbons (Fsp3) is 0.261. The molecular formula is C23H20FN3O2S2. The van der Waals surface area contributed by atoms with Crippen molar-refractivity contribution in [3.63, 3.8) is 0 Å². The molecule has 0 radical (unpaired) electrons. The SMILES string of the molecule is Cc1nc(-c2ccc(F)cc2)sc1C(=O)N(CC1CCCO1)c1nc2ccccc2s1. The van der Waals surface area contributed by atoms with Crippen molar-refractivity contribution in [2.45, 2.75) is 25.9 Å². The van der Waals surface area contributed by atoms with E-state index in [1.807, 2.05) is 31.2 Å². The first-order chi connectivity index (χ1) is 15.1. The van der Waals surface area contributed by atoms with Crippen molar-refractivity contribution in [1.82, 2.24) is 9.97 Å². The van der Waals surface area contributed by atoms with Crippen molar-refractivity contribution in [3.8, 4) is 10.6 Å². The number of nitrogens with zero attached hydrogens (tertiary/aromatic N) is 3. The van der Waals surface area contributed by atoms with E-state index in [1.54, 1.807) is 17.0 Å². The minimum absolute atomic E-state index is 0.000703. The monoisotopic (exact) mass is 453 g/mol. The van der Waals surface area contributed by atoms with Gasteiger partial charge in [-0.1, -0.05) is 23.5 Å². The second-order valence-electron chi connectivity index (χ2n) is 7.46. The molecule has 158 valence electrons. The van der Waals surface area contributed by atoms with Gasteiger partial charge in [0, 0.05) is 12.2 Å². The smallest absolute Gasteiger partial charge is 0.272 e. The zero-order chi connectivity index (χ0) is 21.4. The molecule has 1 aliphatic rings. The summed E-state index contributed by atoms with van der Waals surface area (Å²) < 4.78 is 20.1. The zero-order valence-corrected chi connectivity index (χ0v) is 18.5. The maximum atomic E-state index is 13.7. The molecule has 1 saturated heterocycles. The summed E-state index contributed by atoms with van der Waals surface area (Å²) >= 11 is 2.83. The Hall–Kier alpha value is -2.68. The summed E-state index contributed by atoms with van der Waals surface area (Å²) in [5.74, 6) is -0.426. The number of aryl methyl sites for hydroxylation is 1. The van der Waals surface area contributed by atoms with Crippen molar-refractivity contribution in [2.75, 3.05) is 18.1 Å². The van der Waals surface area contributed by atoms with E-state index in [0.29, 0.717) is 27.3 Å². The third-order valence-electron chi connectivity index (χ3n) is 5.25. The van der Waals surface area contributed by atoms with Gasteiger partial charge in [0.05, 0.1) is 28.6 Å². The predicted octanol–water partition coefficient (Wildman–Crippen LogP) is 5.69. The zero-order valence-electron chi connectivity index (χ0n) is 16.9. The molecule has 4 aromatic rings. The molecule has 5 rings (SSSR count). The van der Waals surface area contributed by atoms with E-state index in [2.05, 4.69) is 4.98 Å². The highest BCUT2D eigenvalue weighted by Gasteiger charge is 2.29. The lowest BCUT2D eigenvalue weighted by molar-refractivity contribution is 0.0920. The normalized spacial score (nSPS) is 16.1. The molecule has 1 fully saturated rings. The van der Waals surface area contributed by atoms with Crippen LogP contribution in [0.5, 0.6) is 0 Å². The summed E-state index contributed by atoms with van der Waals surface area (Å²) in [7, 11) is 0. The summed E-state index contributed by atoms with van der Waals surface area (Å²) in [6, 6.07) is 14.0. The maximum Gasteiger partial charge on any atom is 0.272 e. The summed E-state index contributed by atoms with van der Waals surface area (Å²) in [5.41, 5.74) is 2.33. The molecule has 1 amide bonds. The number of halogens is 1. The van der Waals surface area contributed by atoms with E-state index in [4.69, 9.17) is 9.72 Å². The molecule has 0 saturated carbocycles. The number of hydrogen-bond donors (Lipinski definition) is 0. The van der Waals surface area contributed by atoms with Crippen LogP contribution in [0.2, 0.25) is 0 Å². The molecule has 0 bridgehead atoms. The molecule has 2 aromatic carbocycles. The number of benzene rings is 2. The fourth-order valence-corrected chi connectivity index (χ4v) is 5.64. The van der Waals surface area contributed by atoms with Crippen LogP contribution in [0.4, 0.5) is 9.52 Å². The Kier molecular flexibility index (Phi) is 5.52. The van der Waals surface area contributed by atoms with Crippen LogP contribution in [-0.2, 0) is 4.74 Å². The molecular weight excluding hydrogens is 433 g/mol. The molecule has 3 heterocycles. The third kappa shape index (κ3) is 4.11. The molecule has 5 nitrogen and oxygen atoms in total. The molecule has 1 unspecified atom stereocenters. The predicted molar refractivity (Wildman–Crippen MR) is 123 cm³/mol. The summed E-state index contributed by atoms with van der Waals surface area (Å²) in [5, 5.41) is 1.36. The van der Waals surface area contributed by atoms with Gasteiger partial charge in [0.15, 0.2) is 5.13 Å². The topological polar surface area (TPSA) is 55.3 Å². The lowest BCUT2D eigenvalue weighted by atomic mass is 10.2. The van der Waals surface area contributed by atoms with Gasteiger partial charge in [-0.05, 0) is 56.2 Å². The van der Waals surface area contributed by atoms with Gasteiger partial charge >= 0.3 is 0 Å². The van der Waals surface area contributed by atoms with Crippen LogP contribution in [-0.4, -0.2) is 35.1 Å². The second-order valence-corrected chi connectivity index (χ2v) is 9.46. The van der Waals surface area contributed by atoms with Crippen molar-refractivity contribution < 1.29 is 13.9 Å². The summed E-state index contributed by atoms with van der Waals surface area (Å²) in [6.07, 6.45) is 1.93. The minimum atomic E-state index is -0.299. The van der Waals surface area contributed by atoms with Crippen LogP contribution in [0, 0.1) is 12.7 Å². The highest BCUT2D eigenvalue weighted by molar-refractivity contribution is 7.22.